The number of nitriles is 1. The summed E-state index contributed by atoms with van der Waals surface area (Å²) in [6, 6.07) is 2.92. The monoisotopic (exact) mass is 384 g/mol. The van der Waals surface area contributed by atoms with E-state index in [2.05, 4.69) is 9.72 Å². The van der Waals surface area contributed by atoms with Crippen LogP contribution in [0.15, 0.2) is 17.1 Å². The van der Waals surface area contributed by atoms with Gasteiger partial charge in [-0.3, -0.25) is 4.57 Å². The van der Waals surface area contributed by atoms with Crippen LogP contribution in [0.2, 0.25) is 0 Å². The smallest absolute Gasteiger partial charge is 0.432 e. The van der Waals surface area contributed by atoms with Crippen molar-refractivity contribution < 1.29 is 34.0 Å². The van der Waals surface area contributed by atoms with Gasteiger partial charge in [-0.2, -0.15) is 10.2 Å². The number of nitrogens with two attached hydrogens (primary N) is 1. The van der Waals surface area contributed by atoms with Crippen LogP contribution in [0.1, 0.15) is 13.8 Å². The number of aromatic nitrogens is 2. The average Bonchev–Trinajstić information content (AvgIpc) is 2.83. The predicted octanol–water partition coefficient (Wildman–Crippen LogP) is -1.34. The number of nitrogens with zero attached hydrogens (tertiary/aromatic N) is 3. The molecule has 0 amide bonds. The second-order valence-corrected chi connectivity index (χ2v) is 5.95. The molecule has 12 nitrogen and oxygen atoms in total. The van der Waals surface area contributed by atoms with E-state index in [1.54, 1.807) is 19.9 Å². The lowest BCUT2D eigenvalue weighted by Gasteiger charge is -2.26. The maximum Gasteiger partial charge on any atom is 0.510 e. The first-order valence-corrected chi connectivity index (χ1v) is 7.93. The summed E-state index contributed by atoms with van der Waals surface area (Å²) in [5.74, 6) is -0.0808. The number of hydrogen-bond acceptors (Lipinski definition) is 11. The van der Waals surface area contributed by atoms with E-state index in [1.165, 1.54) is 6.07 Å². The summed E-state index contributed by atoms with van der Waals surface area (Å²) < 4.78 is 20.6. The number of hydrogen-bond donors (Lipinski definition) is 3. The molecule has 0 radical (unpaired) electrons. The van der Waals surface area contributed by atoms with Gasteiger partial charge in [0.1, 0.15) is 30.2 Å². The minimum atomic E-state index is -2.22. The largest absolute Gasteiger partial charge is 0.510 e. The van der Waals surface area contributed by atoms with Gasteiger partial charge in [-0.15, -0.1) is 0 Å². The summed E-state index contributed by atoms with van der Waals surface area (Å²) in [4.78, 5) is 26.7. The van der Waals surface area contributed by atoms with Crippen molar-refractivity contribution in [1.29, 1.82) is 5.26 Å². The maximum absolute atomic E-state index is 12.0. The zero-order chi connectivity index (χ0) is 20.2. The van der Waals surface area contributed by atoms with E-state index in [-0.39, 0.29) is 18.5 Å². The van der Waals surface area contributed by atoms with Gasteiger partial charge in [0, 0.05) is 6.20 Å². The number of anilines is 1. The van der Waals surface area contributed by atoms with E-state index in [4.69, 9.17) is 19.9 Å². The number of ether oxygens (including phenoxy) is 4. The highest BCUT2D eigenvalue weighted by Crippen LogP contribution is 2.34. The van der Waals surface area contributed by atoms with Crippen LogP contribution in [0.3, 0.4) is 0 Å². The molecule has 1 unspecified atom stereocenters. The zero-order valence-corrected chi connectivity index (χ0v) is 14.6. The molecule has 1 aromatic rings. The fraction of sp³-hybridized carbons (Fsp3) is 0.600. The first-order valence-electron chi connectivity index (χ1n) is 7.93. The Morgan fingerprint density at radius 3 is 2.85 bits per heavy atom. The summed E-state index contributed by atoms with van der Waals surface area (Å²) in [5.41, 5.74) is 2.24. The molecule has 2 heterocycles. The molecule has 12 heteroatoms. The minimum absolute atomic E-state index is 0.0808. The SMILES string of the molecule is CC(C)OC(=O)OCOC[C@H]1O[C@@](C#N)(n2ccc(N)nc2=O)[C@@H](O)C1O. The normalized spacial score (nSPS) is 27.3. The molecule has 0 aromatic carbocycles. The Hall–Kier alpha value is -2.72. The van der Waals surface area contributed by atoms with Crippen molar-refractivity contribution in [3.63, 3.8) is 0 Å². The molecule has 0 bridgehead atoms. The number of rotatable bonds is 6. The summed E-state index contributed by atoms with van der Waals surface area (Å²) in [7, 11) is 0. The highest BCUT2D eigenvalue weighted by Gasteiger charge is 2.57. The lowest BCUT2D eigenvalue weighted by molar-refractivity contribution is -0.131. The average molecular weight is 384 g/mol. The molecular formula is C15H20N4O8. The van der Waals surface area contributed by atoms with Crippen LogP contribution < -0.4 is 11.4 Å². The van der Waals surface area contributed by atoms with E-state index in [0.29, 0.717) is 0 Å². The van der Waals surface area contributed by atoms with Crippen molar-refractivity contribution in [3.8, 4) is 6.07 Å². The fourth-order valence-corrected chi connectivity index (χ4v) is 2.43. The molecule has 1 aliphatic rings. The molecule has 4 N–H and O–H groups in total. The van der Waals surface area contributed by atoms with Crippen molar-refractivity contribution in [2.45, 2.75) is 44.0 Å². The highest BCUT2D eigenvalue weighted by atomic mass is 16.8. The number of carbonyl (C=O) groups excluding carboxylic acids is 1. The van der Waals surface area contributed by atoms with Crippen molar-refractivity contribution in [3.05, 3.63) is 22.7 Å². The van der Waals surface area contributed by atoms with Crippen LogP contribution >= 0.6 is 0 Å². The van der Waals surface area contributed by atoms with E-state index < -0.39 is 42.7 Å². The van der Waals surface area contributed by atoms with Gasteiger partial charge in [0.05, 0.1) is 12.7 Å². The second kappa shape index (κ2) is 8.31. The van der Waals surface area contributed by atoms with Crippen LogP contribution in [0.4, 0.5) is 10.6 Å². The van der Waals surface area contributed by atoms with Gasteiger partial charge in [0.25, 0.3) is 5.72 Å². The zero-order valence-electron chi connectivity index (χ0n) is 14.6. The highest BCUT2D eigenvalue weighted by molar-refractivity contribution is 5.59. The summed E-state index contributed by atoms with van der Waals surface area (Å²) in [5, 5.41) is 30.0. The van der Waals surface area contributed by atoms with Crippen molar-refractivity contribution in [2.24, 2.45) is 0 Å². The number of aliphatic hydroxyl groups is 2. The van der Waals surface area contributed by atoms with Crippen molar-refractivity contribution >= 4 is 12.0 Å². The van der Waals surface area contributed by atoms with Crippen LogP contribution in [0.5, 0.6) is 0 Å². The Balaban J connectivity index is 2.04. The van der Waals surface area contributed by atoms with Gasteiger partial charge in [-0.05, 0) is 19.9 Å². The van der Waals surface area contributed by atoms with Crippen molar-refractivity contribution in [1.82, 2.24) is 9.55 Å². The third-order valence-electron chi connectivity index (χ3n) is 3.65. The van der Waals surface area contributed by atoms with Gasteiger partial charge >= 0.3 is 11.8 Å². The number of aliphatic hydroxyl groups excluding tert-OH is 2. The van der Waals surface area contributed by atoms with Gasteiger partial charge in [-0.25, -0.2) is 9.59 Å². The molecule has 4 atom stereocenters. The molecular weight excluding hydrogens is 364 g/mol. The summed E-state index contributed by atoms with van der Waals surface area (Å²) >= 11 is 0. The van der Waals surface area contributed by atoms with Gasteiger partial charge in [-0.1, -0.05) is 0 Å². The molecule has 0 aliphatic carbocycles. The molecule has 0 saturated carbocycles. The Morgan fingerprint density at radius 2 is 2.26 bits per heavy atom. The Morgan fingerprint density at radius 1 is 1.56 bits per heavy atom. The molecule has 27 heavy (non-hydrogen) atoms. The van der Waals surface area contributed by atoms with E-state index in [1.807, 2.05) is 0 Å². The molecule has 2 rings (SSSR count). The van der Waals surface area contributed by atoms with Crippen LogP contribution in [0.25, 0.3) is 0 Å². The molecule has 1 saturated heterocycles. The summed E-state index contributed by atoms with van der Waals surface area (Å²) in [6.45, 7) is 2.44. The first-order chi connectivity index (χ1) is 12.7. The lowest BCUT2D eigenvalue weighted by atomic mass is 10.0. The maximum atomic E-state index is 12.0. The lowest BCUT2D eigenvalue weighted by Crippen LogP contribution is -2.49. The molecule has 0 spiro atoms. The number of carbonyl (C=O) groups is 1. The van der Waals surface area contributed by atoms with Gasteiger partial charge < -0.3 is 34.9 Å². The summed E-state index contributed by atoms with van der Waals surface area (Å²) in [6.07, 6.45) is -4.70. The molecule has 1 aromatic heterocycles. The van der Waals surface area contributed by atoms with Crippen LogP contribution in [-0.4, -0.2) is 63.7 Å². The van der Waals surface area contributed by atoms with E-state index in [0.717, 1.165) is 10.8 Å². The second-order valence-electron chi connectivity index (χ2n) is 5.95. The Kier molecular flexibility index (Phi) is 6.34. The van der Waals surface area contributed by atoms with E-state index >= 15 is 0 Å². The standard InChI is InChI=1S/C15H20N4O8/c1-8(2)26-14(23)25-7-24-5-9-11(20)12(21)15(6-16,27-9)19-4-3-10(17)18-13(19)22/h3-4,8-9,11-12,20-21H,5,7H2,1-2H3,(H2,17,18,22)/t9-,11?,12+,15-/m1/s1. The Labute approximate surface area is 153 Å². The topological polar surface area (TPSA) is 179 Å². The van der Waals surface area contributed by atoms with Crippen molar-refractivity contribution in [2.75, 3.05) is 19.1 Å². The molecule has 1 aliphatic heterocycles. The third-order valence-corrected chi connectivity index (χ3v) is 3.65. The van der Waals surface area contributed by atoms with Crippen LogP contribution in [-0.2, 0) is 24.7 Å². The first kappa shape index (κ1) is 20.6. The van der Waals surface area contributed by atoms with Gasteiger partial charge in [0.15, 0.2) is 6.79 Å². The van der Waals surface area contributed by atoms with E-state index in [9.17, 15) is 25.1 Å². The van der Waals surface area contributed by atoms with Crippen LogP contribution in [0, 0.1) is 11.3 Å². The number of nitrogen functional groups attached to an aromatic ring is 1. The molecule has 1 fully saturated rings. The minimum Gasteiger partial charge on any atom is -0.432 e. The predicted molar refractivity (Wildman–Crippen MR) is 86.9 cm³/mol. The fourth-order valence-electron chi connectivity index (χ4n) is 2.43. The third kappa shape index (κ3) is 4.34. The Bertz CT molecular complexity index is 776. The molecule has 148 valence electrons. The quantitative estimate of drug-likeness (QED) is 0.300. The van der Waals surface area contributed by atoms with Gasteiger partial charge in [0.2, 0.25) is 0 Å².